The predicted octanol–water partition coefficient (Wildman–Crippen LogP) is 2.45. The third kappa shape index (κ3) is 3.47. The molecule has 0 radical (unpaired) electrons. The van der Waals surface area contributed by atoms with Gasteiger partial charge < -0.3 is 15.5 Å². The van der Waals surface area contributed by atoms with Crippen molar-refractivity contribution in [1.82, 2.24) is 4.98 Å². The van der Waals surface area contributed by atoms with Crippen molar-refractivity contribution in [2.24, 2.45) is 0 Å². The third-order valence-corrected chi connectivity index (χ3v) is 2.94. The molecule has 0 bridgehead atoms. The first-order chi connectivity index (χ1) is 9.56. The van der Waals surface area contributed by atoms with Crippen LogP contribution in [-0.2, 0) is 6.42 Å². The van der Waals surface area contributed by atoms with Crippen LogP contribution in [-0.4, -0.2) is 27.7 Å². The third-order valence-electron chi connectivity index (χ3n) is 2.94. The van der Waals surface area contributed by atoms with E-state index in [2.05, 4.69) is 10.3 Å². The van der Waals surface area contributed by atoms with E-state index in [9.17, 15) is 9.90 Å². The van der Waals surface area contributed by atoms with Crippen LogP contribution < -0.4 is 5.32 Å². The number of carbonyl (C=O) groups is 1. The van der Waals surface area contributed by atoms with Gasteiger partial charge in [0.2, 0.25) is 0 Å². The van der Waals surface area contributed by atoms with Crippen LogP contribution in [0.25, 0.3) is 0 Å². The van der Waals surface area contributed by atoms with Gasteiger partial charge in [-0.3, -0.25) is 4.98 Å². The molecule has 1 aromatic carbocycles. The maximum atomic E-state index is 11.1. The van der Waals surface area contributed by atoms with Crippen molar-refractivity contribution in [3.05, 3.63) is 53.3 Å². The highest BCUT2D eigenvalue weighted by molar-refractivity contribution is 5.93. The summed E-state index contributed by atoms with van der Waals surface area (Å²) >= 11 is 0. The molecule has 2 rings (SSSR count). The minimum Gasteiger partial charge on any atom is -0.508 e. The lowest BCUT2D eigenvalue weighted by Gasteiger charge is -2.10. The van der Waals surface area contributed by atoms with Crippen LogP contribution in [0.5, 0.6) is 5.75 Å². The molecule has 5 heteroatoms. The molecule has 1 heterocycles. The molecule has 1 aromatic heterocycles. The molecule has 0 atom stereocenters. The Morgan fingerprint density at radius 3 is 2.65 bits per heavy atom. The first-order valence-electron chi connectivity index (χ1n) is 6.28. The molecule has 0 aliphatic carbocycles. The number of phenolic OH excluding ortho intramolecular Hbond substituents is 1. The number of aromatic nitrogens is 1. The summed E-state index contributed by atoms with van der Waals surface area (Å²) < 4.78 is 0. The number of hydrogen-bond donors (Lipinski definition) is 3. The smallest absolute Gasteiger partial charge is 0.339 e. The molecule has 0 saturated heterocycles. The SMILES string of the molecule is Cc1cc(NCCc2ccc(O)cc2)c(C(=O)O)cn1. The van der Waals surface area contributed by atoms with Crippen LogP contribution in [0.1, 0.15) is 21.6 Å². The number of nitrogens with one attached hydrogen (secondary N) is 1. The average molecular weight is 272 g/mol. The topological polar surface area (TPSA) is 82.5 Å². The number of carboxylic acids is 1. The van der Waals surface area contributed by atoms with E-state index in [1.54, 1.807) is 18.2 Å². The van der Waals surface area contributed by atoms with Gasteiger partial charge in [0.1, 0.15) is 11.3 Å². The lowest BCUT2D eigenvalue weighted by atomic mass is 10.1. The van der Waals surface area contributed by atoms with Gasteiger partial charge in [-0.1, -0.05) is 12.1 Å². The van der Waals surface area contributed by atoms with E-state index < -0.39 is 5.97 Å². The van der Waals surface area contributed by atoms with Crippen LogP contribution >= 0.6 is 0 Å². The second kappa shape index (κ2) is 6.06. The van der Waals surface area contributed by atoms with Gasteiger partial charge in [0.15, 0.2) is 0 Å². The van der Waals surface area contributed by atoms with Gasteiger partial charge in [-0.25, -0.2) is 4.79 Å². The van der Waals surface area contributed by atoms with E-state index in [1.165, 1.54) is 6.20 Å². The zero-order chi connectivity index (χ0) is 14.5. The Kier molecular flexibility index (Phi) is 4.20. The van der Waals surface area contributed by atoms with Crippen LogP contribution in [0, 0.1) is 6.92 Å². The summed E-state index contributed by atoms with van der Waals surface area (Å²) in [6.45, 7) is 2.42. The Morgan fingerprint density at radius 2 is 2.00 bits per heavy atom. The number of aromatic hydroxyl groups is 1. The van der Waals surface area contributed by atoms with E-state index in [4.69, 9.17) is 5.11 Å². The normalized spacial score (nSPS) is 10.2. The van der Waals surface area contributed by atoms with Crippen LogP contribution in [0.2, 0.25) is 0 Å². The van der Waals surface area contributed by atoms with Gasteiger partial charge in [-0.05, 0) is 37.1 Å². The Hall–Kier alpha value is -2.56. The highest BCUT2D eigenvalue weighted by atomic mass is 16.4. The lowest BCUT2D eigenvalue weighted by molar-refractivity contribution is 0.0697. The van der Waals surface area contributed by atoms with Gasteiger partial charge in [0, 0.05) is 18.4 Å². The number of carboxylic acid groups (broad SMARTS) is 1. The average Bonchev–Trinajstić information content (AvgIpc) is 2.41. The Labute approximate surface area is 116 Å². The predicted molar refractivity (Wildman–Crippen MR) is 76.2 cm³/mol. The van der Waals surface area contributed by atoms with Gasteiger partial charge in [-0.15, -0.1) is 0 Å². The van der Waals surface area contributed by atoms with Gasteiger partial charge in [0.05, 0.1) is 5.69 Å². The summed E-state index contributed by atoms with van der Waals surface area (Å²) in [5.41, 5.74) is 2.57. The molecule has 0 spiro atoms. The molecule has 104 valence electrons. The molecular weight excluding hydrogens is 256 g/mol. The maximum absolute atomic E-state index is 11.1. The molecule has 0 aliphatic rings. The number of hydrogen-bond acceptors (Lipinski definition) is 4. The number of phenols is 1. The Bertz CT molecular complexity index is 609. The van der Waals surface area contributed by atoms with Crippen molar-refractivity contribution in [1.29, 1.82) is 0 Å². The second-order valence-electron chi connectivity index (χ2n) is 4.52. The summed E-state index contributed by atoms with van der Waals surface area (Å²) in [5, 5.41) is 21.4. The monoisotopic (exact) mass is 272 g/mol. The van der Waals surface area contributed by atoms with E-state index in [1.807, 2.05) is 19.1 Å². The van der Waals surface area contributed by atoms with Crippen LogP contribution in [0.15, 0.2) is 36.5 Å². The molecule has 0 aliphatic heterocycles. The number of rotatable bonds is 5. The van der Waals surface area contributed by atoms with Gasteiger partial charge >= 0.3 is 5.97 Å². The zero-order valence-electron chi connectivity index (χ0n) is 11.1. The molecule has 20 heavy (non-hydrogen) atoms. The Balaban J connectivity index is 2.02. The molecular formula is C15H16N2O3. The summed E-state index contributed by atoms with van der Waals surface area (Å²) in [4.78, 5) is 15.1. The molecule has 2 aromatic rings. The van der Waals surface area contributed by atoms with E-state index in [0.717, 1.165) is 17.7 Å². The largest absolute Gasteiger partial charge is 0.508 e. The zero-order valence-corrected chi connectivity index (χ0v) is 11.1. The highest BCUT2D eigenvalue weighted by Crippen LogP contribution is 2.16. The number of benzene rings is 1. The Morgan fingerprint density at radius 1 is 1.30 bits per heavy atom. The lowest BCUT2D eigenvalue weighted by Crippen LogP contribution is -2.10. The van der Waals surface area contributed by atoms with Crippen molar-refractivity contribution < 1.29 is 15.0 Å². The fourth-order valence-electron chi connectivity index (χ4n) is 1.88. The van der Waals surface area contributed by atoms with E-state index >= 15 is 0 Å². The molecule has 3 N–H and O–H groups in total. The minimum absolute atomic E-state index is 0.168. The molecule has 5 nitrogen and oxygen atoms in total. The van der Waals surface area contributed by atoms with Crippen molar-refractivity contribution in [3.8, 4) is 5.75 Å². The van der Waals surface area contributed by atoms with Crippen LogP contribution in [0.3, 0.4) is 0 Å². The number of pyridine rings is 1. The summed E-state index contributed by atoms with van der Waals surface area (Å²) in [6, 6.07) is 8.67. The van der Waals surface area contributed by atoms with Gasteiger partial charge in [0.25, 0.3) is 0 Å². The fourth-order valence-corrected chi connectivity index (χ4v) is 1.88. The van der Waals surface area contributed by atoms with Crippen molar-refractivity contribution >= 4 is 11.7 Å². The summed E-state index contributed by atoms with van der Waals surface area (Å²) in [5.74, 6) is -0.760. The number of nitrogens with zero attached hydrogens (tertiary/aromatic N) is 1. The minimum atomic E-state index is -0.996. The molecule has 0 fully saturated rings. The first kappa shape index (κ1) is 13.9. The van der Waals surface area contributed by atoms with Crippen molar-refractivity contribution in [2.45, 2.75) is 13.3 Å². The number of aryl methyl sites for hydroxylation is 1. The van der Waals surface area contributed by atoms with E-state index in [-0.39, 0.29) is 11.3 Å². The number of aromatic carboxylic acids is 1. The number of anilines is 1. The summed E-state index contributed by atoms with van der Waals surface area (Å²) in [7, 11) is 0. The van der Waals surface area contributed by atoms with Crippen LogP contribution in [0.4, 0.5) is 5.69 Å². The fraction of sp³-hybridized carbons (Fsp3) is 0.200. The molecule has 0 saturated carbocycles. The standard InChI is InChI=1S/C15H16N2O3/c1-10-8-14(13(9-17-10)15(19)20)16-7-6-11-2-4-12(18)5-3-11/h2-5,8-9,18H,6-7H2,1H3,(H,16,17)(H,19,20). The maximum Gasteiger partial charge on any atom is 0.339 e. The van der Waals surface area contributed by atoms with Gasteiger partial charge in [-0.2, -0.15) is 0 Å². The second-order valence-corrected chi connectivity index (χ2v) is 4.52. The van der Waals surface area contributed by atoms with Crippen molar-refractivity contribution in [2.75, 3.05) is 11.9 Å². The van der Waals surface area contributed by atoms with E-state index in [0.29, 0.717) is 12.2 Å². The van der Waals surface area contributed by atoms with Crippen molar-refractivity contribution in [3.63, 3.8) is 0 Å². The summed E-state index contributed by atoms with van der Waals surface area (Å²) in [6.07, 6.45) is 2.10. The highest BCUT2D eigenvalue weighted by Gasteiger charge is 2.10. The molecule has 0 amide bonds. The first-order valence-corrected chi connectivity index (χ1v) is 6.28. The quantitative estimate of drug-likeness (QED) is 0.778. The molecule has 0 unspecified atom stereocenters.